The maximum absolute atomic E-state index is 3.55. The Bertz CT molecular complexity index is 247. The van der Waals surface area contributed by atoms with Gasteiger partial charge < -0.3 is 5.32 Å². The molecular weight excluding hydrogens is 246 g/mol. The van der Waals surface area contributed by atoms with E-state index in [1.807, 2.05) is 18.4 Å². The Balaban J connectivity index is 2.24. The van der Waals surface area contributed by atoms with Crippen LogP contribution < -0.4 is 5.32 Å². The van der Waals surface area contributed by atoms with Crippen LogP contribution in [0.4, 0.5) is 0 Å². The lowest BCUT2D eigenvalue weighted by Crippen LogP contribution is -2.20. The minimum atomic E-state index is 0.638. The molecule has 0 saturated heterocycles. The lowest BCUT2D eigenvalue weighted by atomic mass is 10.1. The zero-order valence-electron chi connectivity index (χ0n) is 8.14. The van der Waals surface area contributed by atoms with E-state index in [1.165, 1.54) is 28.6 Å². The monoisotopic (exact) mass is 261 g/mol. The molecule has 0 saturated carbocycles. The molecule has 0 aliphatic rings. The zero-order valence-corrected chi connectivity index (χ0v) is 10.5. The number of rotatable bonds is 5. The Kier molecular flexibility index (Phi) is 4.99. The molecule has 1 aromatic rings. The molecule has 0 spiro atoms. The molecule has 0 aliphatic heterocycles. The van der Waals surface area contributed by atoms with Gasteiger partial charge in [-0.2, -0.15) is 0 Å². The van der Waals surface area contributed by atoms with Gasteiger partial charge >= 0.3 is 0 Å². The van der Waals surface area contributed by atoms with Crippen LogP contribution >= 0.6 is 27.3 Å². The molecule has 1 heterocycles. The molecular formula is C10H16BrNS. The molecule has 1 nitrogen and oxygen atoms in total. The minimum Gasteiger partial charge on any atom is -0.317 e. The highest BCUT2D eigenvalue weighted by molar-refractivity contribution is 9.10. The Morgan fingerprint density at radius 1 is 1.62 bits per heavy atom. The number of halogens is 1. The quantitative estimate of drug-likeness (QED) is 0.857. The van der Waals surface area contributed by atoms with Crippen LogP contribution in [0.3, 0.4) is 0 Å². The van der Waals surface area contributed by atoms with Crippen molar-refractivity contribution in [3.05, 3.63) is 20.8 Å². The van der Waals surface area contributed by atoms with E-state index in [0.717, 1.165) is 0 Å². The van der Waals surface area contributed by atoms with Crippen LogP contribution in [-0.4, -0.2) is 13.1 Å². The first-order valence-electron chi connectivity index (χ1n) is 4.63. The van der Waals surface area contributed by atoms with Crippen LogP contribution in [-0.2, 0) is 6.42 Å². The first-order chi connectivity index (χ1) is 6.24. The smallest absolute Gasteiger partial charge is 0.0314 e. The highest BCUT2D eigenvalue weighted by Gasteiger charge is 2.02. The van der Waals surface area contributed by atoms with E-state index in [-0.39, 0.29) is 0 Å². The highest BCUT2D eigenvalue weighted by Crippen LogP contribution is 2.24. The number of thiophene rings is 1. The van der Waals surface area contributed by atoms with Crippen molar-refractivity contribution in [1.29, 1.82) is 0 Å². The molecule has 3 heteroatoms. The predicted molar refractivity (Wildman–Crippen MR) is 63.5 cm³/mol. The third-order valence-electron chi connectivity index (χ3n) is 2.22. The molecule has 0 aliphatic carbocycles. The number of hydrogen-bond acceptors (Lipinski definition) is 2. The van der Waals surface area contributed by atoms with Gasteiger partial charge in [0.15, 0.2) is 0 Å². The molecule has 1 aromatic heterocycles. The molecule has 0 aromatic carbocycles. The van der Waals surface area contributed by atoms with Gasteiger partial charge in [0, 0.05) is 15.4 Å². The normalized spacial score (nSPS) is 13.2. The summed E-state index contributed by atoms with van der Waals surface area (Å²) in [4.78, 5) is 1.48. The van der Waals surface area contributed by atoms with Gasteiger partial charge in [-0.25, -0.2) is 0 Å². The minimum absolute atomic E-state index is 0.638. The molecule has 1 N–H and O–H groups in total. The lowest BCUT2D eigenvalue weighted by Gasteiger charge is -2.08. The van der Waals surface area contributed by atoms with E-state index < -0.39 is 0 Å². The Labute approximate surface area is 92.7 Å². The molecule has 0 radical (unpaired) electrons. The van der Waals surface area contributed by atoms with Gasteiger partial charge in [0.05, 0.1) is 0 Å². The molecule has 0 bridgehead atoms. The molecule has 1 atom stereocenters. The largest absolute Gasteiger partial charge is 0.317 e. The standard InChI is InChI=1S/C10H16BrNS/c1-8(12-2)4-3-5-10-9(11)6-7-13-10/h6-8,12H,3-5H2,1-2H3. The summed E-state index contributed by atoms with van der Waals surface area (Å²) >= 11 is 5.39. The highest BCUT2D eigenvalue weighted by atomic mass is 79.9. The summed E-state index contributed by atoms with van der Waals surface area (Å²) in [5.74, 6) is 0. The number of hydrogen-bond donors (Lipinski definition) is 1. The van der Waals surface area contributed by atoms with E-state index in [1.54, 1.807) is 0 Å². The Hall–Kier alpha value is 0.140. The van der Waals surface area contributed by atoms with Gasteiger partial charge in [0.25, 0.3) is 0 Å². The second kappa shape index (κ2) is 5.78. The maximum Gasteiger partial charge on any atom is 0.0314 e. The third-order valence-corrected chi connectivity index (χ3v) is 4.21. The summed E-state index contributed by atoms with van der Waals surface area (Å²) in [7, 11) is 2.02. The summed E-state index contributed by atoms with van der Waals surface area (Å²) in [5, 5.41) is 5.39. The van der Waals surface area contributed by atoms with Crippen LogP contribution in [0.15, 0.2) is 15.9 Å². The maximum atomic E-state index is 3.55. The Morgan fingerprint density at radius 3 is 2.92 bits per heavy atom. The second-order valence-electron chi connectivity index (χ2n) is 3.27. The van der Waals surface area contributed by atoms with Crippen LogP contribution in [0.25, 0.3) is 0 Å². The van der Waals surface area contributed by atoms with Crippen molar-refractivity contribution in [3.63, 3.8) is 0 Å². The molecule has 1 unspecified atom stereocenters. The van der Waals surface area contributed by atoms with Gasteiger partial charge in [-0.05, 0) is 60.6 Å². The van der Waals surface area contributed by atoms with Crippen molar-refractivity contribution in [2.24, 2.45) is 0 Å². The predicted octanol–water partition coefficient (Wildman–Crippen LogP) is 3.44. The summed E-state index contributed by atoms with van der Waals surface area (Å²) in [6, 6.07) is 2.76. The van der Waals surface area contributed by atoms with Gasteiger partial charge in [-0.15, -0.1) is 11.3 Å². The number of aryl methyl sites for hydroxylation is 1. The lowest BCUT2D eigenvalue weighted by molar-refractivity contribution is 0.543. The van der Waals surface area contributed by atoms with E-state index >= 15 is 0 Å². The topological polar surface area (TPSA) is 12.0 Å². The first-order valence-corrected chi connectivity index (χ1v) is 6.30. The first kappa shape index (κ1) is 11.2. The summed E-state index contributed by atoms with van der Waals surface area (Å²) < 4.78 is 1.27. The number of nitrogens with one attached hydrogen (secondary N) is 1. The zero-order chi connectivity index (χ0) is 9.68. The Morgan fingerprint density at radius 2 is 2.38 bits per heavy atom. The molecule has 0 fully saturated rings. The van der Waals surface area contributed by atoms with Gasteiger partial charge in [0.1, 0.15) is 0 Å². The van der Waals surface area contributed by atoms with E-state index in [9.17, 15) is 0 Å². The van der Waals surface area contributed by atoms with Crippen LogP contribution in [0.2, 0.25) is 0 Å². The van der Waals surface area contributed by atoms with Gasteiger partial charge in [-0.3, -0.25) is 0 Å². The van der Waals surface area contributed by atoms with Crippen LogP contribution in [0, 0.1) is 0 Å². The second-order valence-corrected chi connectivity index (χ2v) is 5.13. The van der Waals surface area contributed by atoms with E-state index in [2.05, 4.69) is 39.6 Å². The van der Waals surface area contributed by atoms with Gasteiger partial charge in [-0.1, -0.05) is 0 Å². The van der Waals surface area contributed by atoms with Crippen molar-refractivity contribution in [2.45, 2.75) is 32.2 Å². The average molecular weight is 262 g/mol. The van der Waals surface area contributed by atoms with Crippen molar-refractivity contribution >= 4 is 27.3 Å². The van der Waals surface area contributed by atoms with Crippen molar-refractivity contribution in [3.8, 4) is 0 Å². The fraction of sp³-hybridized carbons (Fsp3) is 0.600. The van der Waals surface area contributed by atoms with Crippen molar-refractivity contribution in [1.82, 2.24) is 5.32 Å². The average Bonchev–Trinajstić information content (AvgIpc) is 2.52. The summed E-state index contributed by atoms with van der Waals surface area (Å²) in [6.45, 7) is 2.23. The molecule has 13 heavy (non-hydrogen) atoms. The summed E-state index contributed by atoms with van der Waals surface area (Å²) in [6.07, 6.45) is 3.71. The molecule has 0 amide bonds. The fourth-order valence-corrected chi connectivity index (χ4v) is 2.81. The third kappa shape index (κ3) is 3.79. The van der Waals surface area contributed by atoms with Crippen LogP contribution in [0.5, 0.6) is 0 Å². The van der Waals surface area contributed by atoms with Crippen molar-refractivity contribution in [2.75, 3.05) is 7.05 Å². The van der Waals surface area contributed by atoms with E-state index in [0.29, 0.717) is 6.04 Å². The van der Waals surface area contributed by atoms with Crippen LogP contribution in [0.1, 0.15) is 24.6 Å². The molecule has 74 valence electrons. The summed E-state index contributed by atoms with van der Waals surface area (Å²) in [5.41, 5.74) is 0. The van der Waals surface area contributed by atoms with Crippen molar-refractivity contribution < 1.29 is 0 Å². The van der Waals surface area contributed by atoms with E-state index in [4.69, 9.17) is 0 Å². The molecule has 1 rings (SSSR count). The SMILES string of the molecule is CNC(C)CCCc1sccc1Br. The van der Waals surface area contributed by atoms with Gasteiger partial charge in [0.2, 0.25) is 0 Å². The fourth-order valence-electron chi connectivity index (χ4n) is 1.22.